The maximum Gasteiger partial charge on any atom is 0.244 e. The summed E-state index contributed by atoms with van der Waals surface area (Å²) in [6.45, 7) is 0. The minimum Gasteiger partial charge on any atom is -0.455 e. The first kappa shape index (κ1) is 18.5. The van der Waals surface area contributed by atoms with Gasteiger partial charge in [0, 0.05) is 10.6 Å². The number of nitrogens with one attached hydrogen (secondary N) is 1. The fraction of sp³-hybridized carbons (Fsp3) is 0.0526. The molecule has 4 nitrogen and oxygen atoms in total. The fourth-order valence-electron chi connectivity index (χ4n) is 2.22. The van der Waals surface area contributed by atoms with E-state index < -0.39 is 0 Å². The average Bonchev–Trinajstić information content (AvgIpc) is 3.08. The number of nitrogens with zero attached hydrogens (tertiary/aromatic N) is 1. The summed E-state index contributed by atoms with van der Waals surface area (Å²) in [5.74, 6) is 0.884. The summed E-state index contributed by atoms with van der Waals surface area (Å²) < 4.78 is 5.66. The molecule has 3 rings (SSSR count). The highest BCUT2D eigenvalue weighted by Gasteiger charge is 2.07. The first-order valence-electron chi connectivity index (χ1n) is 7.63. The Hall–Kier alpha value is -2.27. The van der Waals surface area contributed by atoms with Gasteiger partial charge in [-0.2, -0.15) is 5.10 Å². The quantitative estimate of drug-likeness (QED) is 0.442. The fourth-order valence-corrected chi connectivity index (χ4v) is 2.65. The van der Waals surface area contributed by atoms with E-state index in [9.17, 15) is 4.79 Å². The van der Waals surface area contributed by atoms with E-state index in [4.69, 9.17) is 39.2 Å². The van der Waals surface area contributed by atoms with E-state index in [0.29, 0.717) is 26.6 Å². The van der Waals surface area contributed by atoms with Gasteiger partial charge in [0.15, 0.2) is 0 Å². The molecule has 0 spiro atoms. The number of rotatable bonds is 5. The Morgan fingerprint density at radius 3 is 2.50 bits per heavy atom. The number of benzene rings is 2. The van der Waals surface area contributed by atoms with Crippen LogP contribution < -0.4 is 5.43 Å². The number of furan rings is 1. The topological polar surface area (TPSA) is 54.6 Å². The molecule has 1 amide bonds. The van der Waals surface area contributed by atoms with Crippen LogP contribution in [0, 0.1) is 0 Å². The van der Waals surface area contributed by atoms with Gasteiger partial charge >= 0.3 is 0 Å². The molecule has 0 atom stereocenters. The monoisotopic (exact) mass is 406 g/mol. The zero-order valence-corrected chi connectivity index (χ0v) is 15.6. The average molecular weight is 408 g/mol. The van der Waals surface area contributed by atoms with E-state index in [1.165, 1.54) is 6.21 Å². The van der Waals surface area contributed by atoms with Gasteiger partial charge in [0.05, 0.1) is 22.7 Å². The lowest BCUT2D eigenvalue weighted by Crippen LogP contribution is -2.19. The maximum absolute atomic E-state index is 11.9. The molecule has 0 aliphatic carbocycles. The van der Waals surface area contributed by atoms with Gasteiger partial charge in [-0.15, -0.1) is 0 Å². The third kappa shape index (κ3) is 4.88. The molecule has 2 aromatic carbocycles. The second-order valence-corrected chi connectivity index (χ2v) is 6.68. The molecule has 0 bridgehead atoms. The van der Waals surface area contributed by atoms with Crippen LogP contribution in [0.4, 0.5) is 0 Å². The third-order valence-corrected chi connectivity index (χ3v) is 4.48. The summed E-state index contributed by atoms with van der Waals surface area (Å²) in [4.78, 5) is 11.9. The van der Waals surface area contributed by atoms with E-state index in [1.807, 2.05) is 6.07 Å². The lowest BCUT2D eigenvalue weighted by molar-refractivity contribution is -0.120. The Bertz CT molecular complexity index is 950. The minimum atomic E-state index is -0.236. The summed E-state index contributed by atoms with van der Waals surface area (Å²) in [7, 11) is 0. The molecule has 1 aromatic heterocycles. The Morgan fingerprint density at radius 2 is 1.77 bits per heavy atom. The largest absolute Gasteiger partial charge is 0.455 e. The molecular weight excluding hydrogens is 395 g/mol. The van der Waals surface area contributed by atoms with Crippen molar-refractivity contribution in [2.45, 2.75) is 6.42 Å². The molecular formula is C19H13Cl3N2O2. The molecule has 1 heterocycles. The second kappa shape index (κ2) is 8.41. The van der Waals surface area contributed by atoms with Crippen LogP contribution in [0.2, 0.25) is 15.1 Å². The molecule has 0 radical (unpaired) electrons. The van der Waals surface area contributed by atoms with Crippen LogP contribution >= 0.6 is 34.8 Å². The van der Waals surface area contributed by atoms with Crippen LogP contribution in [0.3, 0.4) is 0 Å². The van der Waals surface area contributed by atoms with Crippen molar-refractivity contribution in [3.8, 4) is 11.3 Å². The van der Waals surface area contributed by atoms with Crippen molar-refractivity contribution in [3.63, 3.8) is 0 Å². The first-order chi connectivity index (χ1) is 12.5. The number of hydrogen-bond donors (Lipinski definition) is 1. The highest BCUT2D eigenvalue weighted by Crippen LogP contribution is 2.29. The number of amides is 1. The SMILES string of the molecule is O=C(Cc1ccc(Cl)cc1)N/N=C/c1ccc(-c2ccc(Cl)c(Cl)c2)o1. The van der Waals surface area contributed by atoms with Gasteiger partial charge in [0.2, 0.25) is 5.91 Å². The number of hydrogen-bond acceptors (Lipinski definition) is 3. The Labute approximate surface area is 165 Å². The molecule has 132 valence electrons. The molecule has 0 saturated carbocycles. The highest BCUT2D eigenvalue weighted by atomic mass is 35.5. The van der Waals surface area contributed by atoms with Crippen molar-refractivity contribution in [2.24, 2.45) is 5.10 Å². The lowest BCUT2D eigenvalue weighted by atomic mass is 10.1. The van der Waals surface area contributed by atoms with Gasteiger partial charge in [-0.05, 0) is 48.0 Å². The van der Waals surface area contributed by atoms with Crippen molar-refractivity contribution in [1.29, 1.82) is 0 Å². The standard InChI is InChI=1S/C19H13Cl3N2O2/c20-14-4-1-12(2-5-14)9-19(25)24-23-11-15-6-8-18(26-15)13-3-7-16(21)17(22)10-13/h1-8,10-11H,9H2,(H,24,25)/b23-11+. The van der Waals surface area contributed by atoms with Gasteiger partial charge in [-0.3, -0.25) is 4.79 Å². The third-order valence-electron chi connectivity index (χ3n) is 3.49. The van der Waals surface area contributed by atoms with Crippen LogP contribution in [-0.4, -0.2) is 12.1 Å². The number of carbonyl (C=O) groups excluding carboxylic acids is 1. The Kier molecular flexibility index (Phi) is 5.99. The van der Waals surface area contributed by atoms with Crippen molar-refractivity contribution >= 4 is 46.9 Å². The predicted octanol–water partition coefficient (Wildman–Crippen LogP) is 5.60. The van der Waals surface area contributed by atoms with E-state index >= 15 is 0 Å². The summed E-state index contributed by atoms with van der Waals surface area (Å²) >= 11 is 17.7. The van der Waals surface area contributed by atoms with Gasteiger partial charge < -0.3 is 4.42 Å². The normalized spacial score (nSPS) is 11.0. The van der Waals surface area contributed by atoms with E-state index in [-0.39, 0.29) is 12.3 Å². The van der Waals surface area contributed by atoms with Crippen LogP contribution in [-0.2, 0) is 11.2 Å². The Morgan fingerprint density at radius 1 is 1.00 bits per heavy atom. The summed E-state index contributed by atoms with van der Waals surface area (Å²) in [6, 6.07) is 15.8. The number of halogens is 3. The van der Waals surface area contributed by atoms with Crippen molar-refractivity contribution < 1.29 is 9.21 Å². The van der Waals surface area contributed by atoms with E-state index in [0.717, 1.165) is 11.1 Å². The van der Waals surface area contributed by atoms with Gasteiger partial charge in [0.25, 0.3) is 0 Å². The number of carbonyl (C=O) groups is 1. The molecule has 0 saturated heterocycles. The smallest absolute Gasteiger partial charge is 0.244 e. The maximum atomic E-state index is 11.9. The van der Waals surface area contributed by atoms with Crippen molar-refractivity contribution in [2.75, 3.05) is 0 Å². The van der Waals surface area contributed by atoms with Crippen molar-refractivity contribution in [3.05, 3.63) is 81.0 Å². The molecule has 0 aliphatic heterocycles. The number of hydrazone groups is 1. The van der Waals surface area contributed by atoms with Gasteiger partial charge in [-0.1, -0.05) is 46.9 Å². The van der Waals surface area contributed by atoms with Crippen LogP contribution in [0.5, 0.6) is 0 Å². The van der Waals surface area contributed by atoms with E-state index in [2.05, 4.69) is 10.5 Å². The zero-order chi connectivity index (χ0) is 18.5. The van der Waals surface area contributed by atoms with Crippen LogP contribution in [0.15, 0.2) is 64.1 Å². The lowest BCUT2D eigenvalue weighted by Gasteiger charge is -2.00. The zero-order valence-electron chi connectivity index (χ0n) is 13.4. The summed E-state index contributed by atoms with van der Waals surface area (Å²) in [5, 5.41) is 5.46. The molecule has 7 heteroatoms. The van der Waals surface area contributed by atoms with Crippen LogP contribution in [0.25, 0.3) is 11.3 Å². The molecule has 26 heavy (non-hydrogen) atoms. The molecule has 1 N–H and O–H groups in total. The van der Waals surface area contributed by atoms with Gasteiger partial charge in [0.1, 0.15) is 11.5 Å². The minimum absolute atomic E-state index is 0.210. The first-order valence-corrected chi connectivity index (χ1v) is 8.76. The predicted molar refractivity (Wildman–Crippen MR) is 105 cm³/mol. The second-order valence-electron chi connectivity index (χ2n) is 5.43. The molecule has 0 unspecified atom stereocenters. The van der Waals surface area contributed by atoms with Gasteiger partial charge in [-0.25, -0.2) is 5.43 Å². The van der Waals surface area contributed by atoms with E-state index in [1.54, 1.807) is 48.5 Å². The molecule has 0 aliphatic rings. The Balaban J connectivity index is 1.59. The highest BCUT2D eigenvalue weighted by molar-refractivity contribution is 6.42. The molecule has 3 aromatic rings. The summed E-state index contributed by atoms with van der Waals surface area (Å²) in [6.07, 6.45) is 1.64. The van der Waals surface area contributed by atoms with Crippen LogP contribution in [0.1, 0.15) is 11.3 Å². The van der Waals surface area contributed by atoms with Crippen molar-refractivity contribution in [1.82, 2.24) is 5.43 Å². The summed E-state index contributed by atoms with van der Waals surface area (Å²) in [5.41, 5.74) is 4.10. The molecule has 0 fully saturated rings.